The molecule has 1 unspecified atom stereocenters. The topological polar surface area (TPSA) is 56.1 Å². The Balaban J connectivity index is 2.24. The SMILES string of the molecule is CC(C)(C)OC(=O)C1NCCn2ncc(Br)c21. The van der Waals surface area contributed by atoms with E-state index in [-0.39, 0.29) is 5.97 Å². The molecule has 2 heterocycles. The highest BCUT2D eigenvalue weighted by Crippen LogP contribution is 2.27. The Kier molecular flexibility index (Phi) is 3.27. The van der Waals surface area contributed by atoms with Crippen LogP contribution in [-0.4, -0.2) is 27.9 Å². The van der Waals surface area contributed by atoms with E-state index >= 15 is 0 Å². The van der Waals surface area contributed by atoms with Gasteiger partial charge in [-0.2, -0.15) is 5.10 Å². The summed E-state index contributed by atoms with van der Waals surface area (Å²) in [7, 11) is 0. The molecule has 0 aromatic carbocycles. The number of nitrogens with one attached hydrogen (secondary N) is 1. The first-order valence-corrected chi connectivity index (χ1v) is 6.35. The van der Waals surface area contributed by atoms with Crippen LogP contribution in [0.1, 0.15) is 32.5 Å². The Hall–Kier alpha value is -0.880. The second kappa shape index (κ2) is 4.42. The van der Waals surface area contributed by atoms with E-state index in [2.05, 4.69) is 26.3 Å². The van der Waals surface area contributed by atoms with Crippen LogP contribution in [0, 0.1) is 0 Å². The van der Waals surface area contributed by atoms with Gasteiger partial charge in [0.1, 0.15) is 11.6 Å². The molecule has 2 rings (SSSR count). The normalized spacial score (nSPS) is 19.9. The number of nitrogens with zero attached hydrogens (tertiary/aromatic N) is 2. The van der Waals surface area contributed by atoms with Gasteiger partial charge in [0.2, 0.25) is 0 Å². The minimum Gasteiger partial charge on any atom is -0.459 e. The Morgan fingerprint density at radius 1 is 1.65 bits per heavy atom. The molecule has 1 aliphatic rings. The van der Waals surface area contributed by atoms with Crippen LogP contribution >= 0.6 is 15.9 Å². The van der Waals surface area contributed by atoms with Gasteiger partial charge in [0.15, 0.2) is 0 Å². The van der Waals surface area contributed by atoms with Crippen molar-refractivity contribution < 1.29 is 9.53 Å². The van der Waals surface area contributed by atoms with Crippen molar-refractivity contribution >= 4 is 21.9 Å². The molecule has 0 aliphatic carbocycles. The molecular weight excluding hydrogens is 286 g/mol. The number of hydrogen-bond donors (Lipinski definition) is 1. The molecule has 0 saturated carbocycles. The lowest BCUT2D eigenvalue weighted by molar-refractivity contribution is -0.158. The summed E-state index contributed by atoms with van der Waals surface area (Å²) < 4.78 is 8.06. The number of esters is 1. The second-order valence-corrected chi connectivity index (χ2v) is 5.88. The minimum atomic E-state index is -0.479. The van der Waals surface area contributed by atoms with Gasteiger partial charge in [0, 0.05) is 6.54 Å². The van der Waals surface area contributed by atoms with Crippen LogP contribution in [0.4, 0.5) is 0 Å². The van der Waals surface area contributed by atoms with Gasteiger partial charge in [-0.15, -0.1) is 0 Å². The van der Waals surface area contributed by atoms with E-state index in [0.29, 0.717) is 6.54 Å². The van der Waals surface area contributed by atoms with Gasteiger partial charge in [-0.1, -0.05) is 0 Å². The number of carbonyl (C=O) groups is 1. The number of fused-ring (bicyclic) bond motifs is 1. The molecule has 6 heteroatoms. The molecule has 1 aromatic rings. The number of aromatic nitrogens is 2. The molecule has 1 aliphatic heterocycles. The molecule has 1 atom stereocenters. The second-order valence-electron chi connectivity index (χ2n) is 5.02. The third kappa shape index (κ3) is 2.69. The van der Waals surface area contributed by atoms with E-state index in [1.54, 1.807) is 6.20 Å². The van der Waals surface area contributed by atoms with Crippen molar-refractivity contribution in [2.75, 3.05) is 6.54 Å². The summed E-state index contributed by atoms with van der Waals surface area (Å²) in [5.74, 6) is -0.264. The lowest BCUT2D eigenvalue weighted by atomic mass is 10.1. The molecule has 0 amide bonds. The maximum Gasteiger partial charge on any atom is 0.329 e. The van der Waals surface area contributed by atoms with E-state index in [1.165, 1.54) is 0 Å². The number of hydrogen-bond acceptors (Lipinski definition) is 4. The first-order valence-electron chi connectivity index (χ1n) is 5.56. The summed E-state index contributed by atoms with van der Waals surface area (Å²) in [6.07, 6.45) is 1.71. The van der Waals surface area contributed by atoms with E-state index in [4.69, 9.17) is 4.74 Å². The summed E-state index contributed by atoms with van der Waals surface area (Å²) in [5, 5.41) is 7.37. The maximum atomic E-state index is 12.1. The van der Waals surface area contributed by atoms with Crippen molar-refractivity contribution in [2.24, 2.45) is 0 Å². The van der Waals surface area contributed by atoms with Crippen molar-refractivity contribution in [3.05, 3.63) is 16.4 Å². The Morgan fingerprint density at radius 2 is 2.35 bits per heavy atom. The summed E-state index contributed by atoms with van der Waals surface area (Å²) in [6, 6.07) is -0.445. The number of halogens is 1. The summed E-state index contributed by atoms with van der Waals surface area (Å²) in [4.78, 5) is 12.1. The third-order valence-electron chi connectivity index (χ3n) is 2.42. The smallest absolute Gasteiger partial charge is 0.329 e. The summed E-state index contributed by atoms with van der Waals surface area (Å²) in [6.45, 7) is 7.06. The van der Waals surface area contributed by atoms with Gasteiger partial charge in [0.05, 0.1) is 22.9 Å². The van der Waals surface area contributed by atoms with Gasteiger partial charge < -0.3 is 4.74 Å². The largest absolute Gasteiger partial charge is 0.459 e. The molecule has 0 spiro atoms. The fourth-order valence-electron chi connectivity index (χ4n) is 1.80. The monoisotopic (exact) mass is 301 g/mol. The predicted molar refractivity (Wildman–Crippen MR) is 66.5 cm³/mol. The van der Waals surface area contributed by atoms with E-state index in [0.717, 1.165) is 16.7 Å². The molecule has 1 N–H and O–H groups in total. The first kappa shape index (κ1) is 12.6. The van der Waals surface area contributed by atoms with E-state index in [1.807, 2.05) is 25.5 Å². The zero-order chi connectivity index (χ0) is 12.6. The molecule has 0 saturated heterocycles. The van der Waals surface area contributed by atoms with Crippen molar-refractivity contribution in [1.29, 1.82) is 0 Å². The van der Waals surface area contributed by atoms with Crippen LogP contribution in [0.2, 0.25) is 0 Å². The number of rotatable bonds is 1. The molecule has 5 nitrogen and oxygen atoms in total. The quantitative estimate of drug-likeness (QED) is 0.801. The number of carbonyl (C=O) groups excluding carboxylic acids is 1. The zero-order valence-electron chi connectivity index (χ0n) is 10.2. The van der Waals surface area contributed by atoms with Crippen molar-refractivity contribution in [1.82, 2.24) is 15.1 Å². The Morgan fingerprint density at radius 3 is 3.00 bits per heavy atom. The molecule has 0 fully saturated rings. The standard InChI is InChI=1S/C11H16BrN3O2/c1-11(2,3)17-10(16)8-9-7(12)6-14-15(9)5-4-13-8/h6,8,13H,4-5H2,1-3H3. The van der Waals surface area contributed by atoms with Gasteiger partial charge in [-0.25, -0.2) is 4.79 Å². The average molecular weight is 302 g/mol. The van der Waals surface area contributed by atoms with Gasteiger partial charge in [0.25, 0.3) is 0 Å². The molecule has 1 aromatic heterocycles. The van der Waals surface area contributed by atoms with E-state index < -0.39 is 11.6 Å². The van der Waals surface area contributed by atoms with Gasteiger partial charge in [-0.3, -0.25) is 10.00 Å². The van der Waals surface area contributed by atoms with Crippen LogP contribution < -0.4 is 5.32 Å². The molecule has 17 heavy (non-hydrogen) atoms. The van der Waals surface area contributed by atoms with Gasteiger partial charge >= 0.3 is 5.97 Å². The lowest BCUT2D eigenvalue weighted by Crippen LogP contribution is -2.41. The van der Waals surface area contributed by atoms with E-state index in [9.17, 15) is 4.79 Å². The summed E-state index contributed by atoms with van der Waals surface area (Å²) >= 11 is 3.41. The fourth-order valence-corrected chi connectivity index (χ4v) is 2.33. The molecule has 94 valence electrons. The third-order valence-corrected chi connectivity index (χ3v) is 3.03. The Bertz CT molecular complexity index is 436. The number of ether oxygens (including phenoxy) is 1. The van der Waals surface area contributed by atoms with Crippen LogP contribution in [0.15, 0.2) is 10.7 Å². The van der Waals surface area contributed by atoms with Crippen molar-refractivity contribution in [3.63, 3.8) is 0 Å². The van der Waals surface area contributed by atoms with Crippen LogP contribution in [0.25, 0.3) is 0 Å². The maximum absolute atomic E-state index is 12.1. The van der Waals surface area contributed by atoms with Crippen LogP contribution in [0.3, 0.4) is 0 Å². The van der Waals surface area contributed by atoms with Crippen LogP contribution in [-0.2, 0) is 16.1 Å². The van der Waals surface area contributed by atoms with Gasteiger partial charge in [-0.05, 0) is 36.7 Å². The Labute approximate surface area is 109 Å². The summed E-state index contributed by atoms with van der Waals surface area (Å²) in [5.41, 5.74) is 0.360. The molecule has 0 bridgehead atoms. The minimum absolute atomic E-state index is 0.264. The highest BCUT2D eigenvalue weighted by molar-refractivity contribution is 9.10. The van der Waals surface area contributed by atoms with Crippen LogP contribution in [0.5, 0.6) is 0 Å². The van der Waals surface area contributed by atoms with Crippen molar-refractivity contribution in [2.45, 2.75) is 39.0 Å². The molecule has 0 radical (unpaired) electrons. The highest BCUT2D eigenvalue weighted by atomic mass is 79.9. The lowest BCUT2D eigenvalue weighted by Gasteiger charge is -2.28. The predicted octanol–water partition coefficient (Wildman–Crippen LogP) is 1.63. The molecular formula is C11H16BrN3O2. The zero-order valence-corrected chi connectivity index (χ0v) is 11.7. The average Bonchev–Trinajstić information content (AvgIpc) is 2.58. The fraction of sp³-hybridized carbons (Fsp3) is 0.636. The van der Waals surface area contributed by atoms with Crippen molar-refractivity contribution in [3.8, 4) is 0 Å². The highest BCUT2D eigenvalue weighted by Gasteiger charge is 2.32. The first-order chi connectivity index (χ1) is 7.88.